The second-order valence-electron chi connectivity index (χ2n) is 15.7. The van der Waals surface area contributed by atoms with Gasteiger partial charge in [-0.05, 0) is 70.6 Å². The van der Waals surface area contributed by atoms with Crippen molar-refractivity contribution in [2.45, 2.75) is 107 Å². The third-order valence-electron chi connectivity index (χ3n) is 10.4. The van der Waals surface area contributed by atoms with E-state index in [1.165, 1.54) is 21.9 Å². The number of nitrogens with zero attached hydrogens (tertiary/aromatic N) is 3. The molecule has 55 heavy (non-hydrogen) atoms. The van der Waals surface area contributed by atoms with E-state index in [9.17, 15) is 41.6 Å². The Morgan fingerprint density at radius 3 is 2.49 bits per heavy atom. The van der Waals surface area contributed by atoms with Gasteiger partial charge in [-0.15, -0.1) is 0 Å². The summed E-state index contributed by atoms with van der Waals surface area (Å²) in [5.41, 5.74) is -1.63. The highest BCUT2D eigenvalue weighted by atomic mass is 32.2. The minimum absolute atomic E-state index is 0.00507. The van der Waals surface area contributed by atoms with E-state index in [0.717, 1.165) is 11.0 Å². The van der Waals surface area contributed by atoms with Gasteiger partial charge >= 0.3 is 12.2 Å². The van der Waals surface area contributed by atoms with Crippen molar-refractivity contribution >= 4 is 45.8 Å². The van der Waals surface area contributed by atoms with Gasteiger partial charge in [0, 0.05) is 37.5 Å². The molecule has 5 atom stereocenters. The molecule has 16 nitrogen and oxygen atoms in total. The van der Waals surface area contributed by atoms with Crippen LogP contribution in [0.5, 0.6) is 0 Å². The van der Waals surface area contributed by atoms with Crippen LogP contribution in [0.15, 0.2) is 43.0 Å². The van der Waals surface area contributed by atoms with E-state index in [1.54, 1.807) is 39.0 Å². The van der Waals surface area contributed by atoms with Crippen molar-refractivity contribution in [1.82, 2.24) is 30.1 Å². The zero-order chi connectivity index (χ0) is 39.9. The molecule has 3 fully saturated rings. The Bertz CT molecular complexity index is 1910. The van der Waals surface area contributed by atoms with Crippen molar-refractivity contribution in [3.8, 4) is 0 Å². The van der Waals surface area contributed by atoms with E-state index < -0.39 is 92.2 Å². The van der Waals surface area contributed by atoms with Crippen LogP contribution in [0, 0.1) is 11.7 Å². The molecule has 3 heterocycles. The average Bonchev–Trinajstić information content (AvgIpc) is 3.99. The first kappa shape index (κ1) is 39.7. The number of hydrogen-bond acceptors (Lipinski definition) is 10. The molecular formula is C37H47FN6O10S. The number of nitrogens with one attached hydrogen (secondary N) is 3. The molecule has 298 valence electrons. The fourth-order valence-corrected chi connectivity index (χ4v) is 8.58. The number of hydrogen-bond donors (Lipinski definition) is 3. The maximum absolute atomic E-state index is 14.5. The van der Waals surface area contributed by atoms with Crippen molar-refractivity contribution in [3.05, 3.63) is 60.0 Å². The van der Waals surface area contributed by atoms with E-state index in [-0.39, 0.29) is 52.0 Å². The maximum Gasteiger partial charge on any atom is 0.410 e. The van der Waals surface area contributed by atoms with Gasteiger partial charge in [-0.2, -0.15) is 0 Å². The summed E-state index contributed by atoms with van der Waals surface area (Å²) < 4.78 is 53.5. The van der Waals surface area contributed by atoms with E-state index in [4.69, 9.17) is 9.47 Å². The van der Waals surface area contributed by atoms with Crippen molar-refractivity contribution in [2.75, 3.05) is 19.6 Å². The van der Waals surface area contributed by atoms with E-state index in [1.807, 2.05) is 0 Å². The lowest BCUT2D eigenvalue weighted by Gasteiger charge is -2.31. The van der Waals surface area contributed by atoms with Crippen LogP contribution in [0.4, 0.5) is 14.0 Å². The lowest BCUT2D eigenvalue weighted by molar-refractivity contribution is -0.141. The molecular weight excluding hydrogens is 740 g/mol. The first-order valence-corrected chi connectivity index (χ1v) is 19.9. The van der Waals surface area contributed by atoms with Crippen LogP contribution in [0.25, 0.3) is 0 Å². The molecule has 18 heteroatoms. The van der Waals surface area contributed by atoms with Gasteiger partial charge in [-0.3, -0.25) is 28.8 Å². The summed E-state index contributed by atoms with van der Waals surface area (Å²) >= 11 is 0. The third kappa shape index (κ3) is 8.95. The van der Waals surface area contributed by atoms with Gasteiger partial charge in [0.2, 0.25) is 27.7 Å². The number of ether oxygens (including phenoxy) is 2. The molecule has 2 saturated carbocycles. The number of carbonyl (C=O) groups is 6. The van der Waals surface area contributed by atoms with Gasteiger partial charge < -0.3 is 29.9 Å². The van der Waals surface area contributed by atoms with Gasteiger partial charge in [-0.25, -0.2) is 22.4 Å². The molecule has 0 aromatic heterocycles. The quantitative estimate of drug-likeness (QED) is 0.283. The Labute approximate surface area is 318 Å². The molecule has 5 aliphatic rings. The Kier molecular flexibility index (Phi) is 11.0. The lowest BCUT2D eigenvalue weighted by atomic mass is 10.1. The molecule has 6 rings (SSSR count). The molecule has 0 spiro atoms. The number of fused-ring (bicyclic) bond motifs is 3. The molecule has 6 amide bonds. The van der Waals surface area contributed by atoms with Crippen molar-refractivity contribution in [1.29, 1.82) is 0 Å². The molecule has 0 radical (unpaired) electrons. The summed E-state index contributed by atoms with van der Waals surface area (Å²) in [5.74, 6) is -3.97. The molecule has 0 bridgehead atoms. The van der Waals surface area contributed by atoms with Crippen molar-refractivity contribution in [2.24, 2.45) is 5.92 Å². The summed E-state index contributed by atoms with van der Waals surface area (Å²) in [6.07, 6.45) is 2.65. The number of halogens is 1. The van der Waals surface area contributed by atoms with Crippen LogP contribution in [-0.2, 0) is 51.8 Å². The molecule has 3 N–H and O–H groups in total. The predicted molar refractivity (Wildman–Crippen MR) is 193 cm³/mol. The average molecular weight is 787 g/mol. The van der Waals surface area contributed by atoms with Gasteiger partial charge in [0.25, 0.3) is 5.91 Å². The number of carbonyl (C=O) groups excluding carboxylic acids is 6. The highest BCUT2D eigenvalue weighted by Crippen LogP contribution is 2.46. The fourth-order valence-electron chi connectivity index (χ4n) is 7.21. The first-order valence-electron chi connectivity index (χ1n) is 18.4. The number of alkyl carbamates (subject to hydrolysis) is 1. The van der Waals surface area contributed by atoms with E-state index in [0.29, 0.717) is 30.4 Å². The van der Waals surface area contributed by atoms with Gasteiger partial charge in [0.05, 0.1) is 18.3 Å². The minimum Gasteiger partial charge on any atom is -0.444 e. The number of benzene rings is 1. The van der Waals surface area contributed by atoms with Crippen molar-refractivity contribution in [3.63, 3.8) is 0 Å². The minimum atomic E-state index is -3.99. The standard InChI is InChI=1S/C37H47FN6O10S/c1-5-30(45)42-15-7-6-10-23-18-37(23,33(48)41-55(51,52)25-12-13-25)40-31(46)29-17-24(53-35(50)43-19-22-9-8-11-27(38)26(22)21-43)20-44(29)32(47)28(14-16-42)39-34(49)54-36(2,3)4/h5-6,8-11,23-25,28-29H,1,7,12-21H2,2-4H3,(H,39,49)(H,40,46)(H,41,48)/b10-6-/t23-,24?,28-,29-,37+/m0/s1. The topological polar surface area (TPSA) is 201 Å². The summed E-state index contributed by atoms with van der Waals surface area (Å²) in [4.78, 5) is 85.7. The van der Waals surface area contributed by atoms with Crippen LogP contribution in [0.1, 0.15) is 70.4 Å². The SMILES string of the molecule is C=CC(=O)N1CC/C=C\[C@H]2C[C@@]2(C(=O)NS(=O)(=O)C2CC2)NC(=O)[C@@H]2CC(OC(=O)N3Cc4cccc(F)c4C3)CN2C(=O)[C@@H](NC(=O)OC(C)(C)C)CC1. The normalized spacial score (nSPS) is 27.6. The molecule has 1 saturated heterocycles. The third-order valence-corrected chi connectivity index (χ3v) is 12.2. The van der Waals surface area contributed by atoms with Crippen LogP contribution < -0.4 is 15.4 Å². The Morgan fingerprint density at radius 1 is 1.07 bits per heavy atom. The molecule has 2 aliphatic carbocycles. The molecule has 1 unspecified atom stereocenters. The maximum atomic E-state index is 14.5. The highest BCUT2D eigenvalue weighted by molar-refractivity contribution is 7.91. The summed E-state index contributed by atoms with van der Waals surface area (Å²) in [5, 5.41) is 4.61. The number of amides is 6. The van der Waals surface area contributed by atoms with Crippen LogP contribution >= 0.6 is 0 Å². The largest absolute Gasteiger partial charge is 0.444 e. The molecule has 1 aromatic carbocycles. The van der Waals surface area contributed by atoms with Gasteiger partial charge in [0.1, 0.15) is 35.1 Å². The second kappa shape index (κ2) is 15.3. The van der Waals surface area contributed by atoms with Crippen LogP contribution in [0.3, 0.4) is 0 Å². The summed E-state index contributed by atoms with van der Waals surface area (Å²) in [7, 11) is -3.99. The first-order chi connectivity index (χ1) is 25.9. The Hall–Kier alpha value is -5.00. The monoisotopic (exact) mass is 786 g/mol. The van der Waals surface area contributed by atoms with E-state index in [2.05, 4.69) is 21.9 Å². The Morgan fingerprint density at radius 2 is 1.82 bits per heavy atom. The zero-order valence-corrected chi connectivity index (χ0v) is 31.9. The van der Waals surface area contributed by atoms with Crippen LogP contribution in [-0.4, -0.2) is 113 Å². The zero-order valence-electron chi connectivity index (χ0n) is 31.0. The van der Waals surface area contributed by atoms with E-state index >= 15 is 0 Å². The van der Waals surface area contributed by atoms with Crippen LogP contribution in [0.2, 0.25) is 0 Å². The molecule has 3 aliphatic heterocycles. The summed E-state index contributed by atoms with van der Waals surface area (Å²) in [6.45, 7) is 8.42. The van der Waals surface area contributed by atoms with Gasteiger partial charge in [0.15, 0.2) is 0 Å². The lowest BCUT2D eigenvalue weighted by Crippen LogP contribution is -2.58. The Balaban J connectivity index is 1.30. The van der Waals surface area contributed by atoms with Crippen molar-refractivity contribution < 1.29 is 51.0 Å². The van der Waals surface area contributed by atoms with Gasteiger partial charge in [-0.1, -0.05) is 30.9 Å². The second-order valence-corrected chi connectivity index (χ2v) is 17.6. The highest BCUT2D eigenvalue weighted by Gasteiger charge is 2.62. The fraction of sp³-hybridized carbons (Fsp3) is 0.568. The summed E-state index contributed by atoms with van der Waals surface area (Å²) in [6, 6.07) is 1.87. The number of sulfonamides is 1. The smallest absolute Gasteiger partial charge is 0.410 e. The predicted octanol–water partition coefficient (Wildman–Crippen LogP) is 1.99. The molecule has 1 aromatic rings. The number of rotatable bonds is 6.